The first kappa shape index (κ1) is 16.1. The van der Waals surface area contributed by atoms with Gasteiger partial charge in [-0.3, -0.25) is 0 Å². The largest absolute Gasteiger partial charge is 0.485 e. The van der Waals surface area contributed by atoms with Crippen molar-refractivity contribution < 1.29 is 36.2 Å². The van der Waals surface area contributed by atoms with Crippen molar-refractivity contribution in [3.05, 3.63) is 24.0 Å². The molecule has 0 aliphatic heterocycles. The molecule has 1 heterocycles. The maximum Gasteiger partial charge on any atom is 0.456 e. The van der Waals surface area contributed by atoms with Gasteiger partial charge in [-0.25, -0.2) is 9.78 Å². The van der Waals surface area contributed by atoms with E-state index in [1.807, 2.05) is 0 Å². The zero-order valence-corrected chi connectivity index (χ0v) is 10.2. The van der Waals surface area contributed by atoms with Crippen LogP contribution in [0, 0.1) is 0 Å². The molecule has 9 heteroatoms. The number of hydrogen-bond donors (Lipinski definition) is 0. The summed E-state index contributed by atoms with van der Waals surface area (Å²) >= 11 is 0. The quantitative estimate of drug-likeness (QED) is 0.619. The number of rotatable bonds is 5. The van der Waals surface area contributed by atoms with E-state index in [0.717, 1.165) is 18.3 Å². The molecule has 0 atom stereocenters. The molecular weight excluding hydrogens is 289 g/mol. The first-order chi connectivity index (χ1) is 9.17. The SMILES string of the molecule is CCOC(=O)c1ccc(OCC(F)(F)C(F)(F)F)cn1. The summed E-state index contributed by atoms with van der Waals surface area (Å²) in [6.45, 7) is -0.165. The molecule has 1 aromatic heterocycles. The van der Waals surface area contributed by atoms with E-state index in [1.165, 1.54) is 0 Å². The Labute approximate surface area is 110 Å². The molecule has 4 nitrogen and oxygen atoms in total. The third kappa shape index (κ3) is 4.04. The molecule has 1 aromatic rings. The fourth-order valence-corrected chi connectivity index (χ4v) is 1.05. The molecule has 0 spiro atoms. The summed E-state index contributed by atoms with van der Waals surface area (Å²) in [5.74, 6) is -6.02. The number of carbonyl (C=O) groups excluding carboxylic acids is 1. The summed E-state index contributed by atoms with van der Waals surface area (Å²) in [5.41, 5.74) is -0.109. The Kier molecular flexibility index (Phi) is 4.85. The predicted molar refractivity (Wildman–Crippen MR) is 56.7 cm³/mol. The number of pyridine rings is 1. The van der Waals surface area contributed by atoms with Gasteiger partial charge in [0.15, 0.2) is 6.61 Å². The summed E-state index contributed by atoms with van der Waals surface area (Å²) in [5, 5.41) is 0. The highest BCUT2D eigenvalue weighted by molar-refractivity contribution is 5.87. The minimum atomic E-state index is -5.69. The van der Waals surface area contributed by atoms with Crippen LogP contribution in [0.15, 0.2) is 18.3 Å². The van der Waals surface area contributed by atoms with Gasteiger partial charge in [-0.05, 0) is 19.1 Å². The smallest absolute Gasteiger partial charge is 0.456 e. The highest BCUT2D eigenvalue weighted by Gasteiger charge is 2.58. The zero-order chi connectivity index (χ0) is 15.4. The molecule has 0 saturated heterocycles. The van der Waals surface area contributed by atoms with Crippen LogP contribution in [-0.2, 0) is 4.74 Å². The molecule has 0 fully saturated rings. The number of aromatic nitrogens is 1. The molecule has 1 rings (SSSR count). The number of esters is 1. The summed E-state index contributed by atoms with van der Waals surface area (Å²) in [4.78, 5) is 14.7. The van der Waals surface area contributed by atoms with E-state index < -0.39 is 24.7 Å². The van der Waals surface area contributed by atoms with Crippen molar-refractivity contribution >= 4 is 5.97 Å². The zero-order valence-electron chi connectivity index (χ0n) is 10.2. The van der Waals surface area contributed by atoms with Crippen LogP contribution in [0.5, 0.6) is 5.75 Å². The predicted octanol–water partition coefficient (Wildman–Crippen LogP) is 2.83. The average Bonchev–Trinajstić information content (AvgIpc) is 2.36. The Morgan fingerprint density at radius 2 is 1.90 bits per heavy atom. The number of carbonyl (C=O) groups is 1. The Bertz CT molecular complexity index is 458. The van der Waals surface area contributed by atoms with E-state index in [2.05, 4.69) is 14.5 Å². The highest BCUT2D eigenvalue weighted by atomic mass is 19.4. The summed E-state index contributed by atoms with van der Waals surface area (Å²) in [7, 11) is 0. The lowest BCUT2D eigenvalue weighted by atomic mass is 10.3. The van der Waals surface area contributed by atoms with Crippen LogP contribution >= 0.6 is 0 Å². The van der Waals surface area contributed by atoms with Gasteiger partial charge >= 0.3 is 18.1 Å². The van der Waals surface area contributed by atoms with Crippen LogP contribution < -0.4 is 4.74 Å². The maximum atomic E-state index is 12.6. The molecule has 20 heavy (non-hydrogen) atoms. The van der Waals surface area contributed by atoms with Crippen molar-refractivity contribution in [2.45, 2.75) is 19.0 Å². The van der Waals surface area contributed by atoms with Crippen molar-refractivity contribution in [1.29, 1.82) is 0 Å². The van der Waals surface area contributed by atoms with Crippen LogP contribution in [0.25, 0.3) is 0 Å². The molecule has 0 unspecified atom stereocenters. The van der Waals surface area contributed by atoms with Gasteiger partial charge in [0.05, 0.1) is 12.8 Å². The number of hydrogen-bond acceptors (Lipinski definition) is 4. The highest BCUT2D eigenvalue weighted by Crippen LogP contribution is 2.35. The lowest BCUT2D eigenvalue weighted by Gasteiger charge is -2.19. The van der Waals surface area contributed by atoms with E-state index in [9.17, 15) is 26.7 Å². The molecule has 0 N–H and O–H groups in total. The van der Waals surface area contributed by atoms with Crippen molar-refractivity contribution in [1.82, 2.24) is 4.98 Å². The van der Waals surface area contributed by atoms with Gasteiger partial charge in [0, 0.05) is 0 Å². The Balaban J connectivity index is 2.65. The number of alkyl halides is 5. The number of nitrogens with zero attached hydrogens (tertiary/aromatic N) is 1. The molecular formula is C11H10F5NO3. The standard InChI is InChI=1S/C11H10F5NO3/c1-2-19-9(18)8-4-3-7(5-17-8)20-6-10(12,13)11(14,15)16/h3-5H,2,6H2,1H3. The van der Waals surface area contributed by atoms with Crippen molar-refractivity contribution in [2.24, 2.45) is 0 Å². The average molecular weight is 299 g/mol. The van der Waals surface area contributed by atoms with Gasteiger partial charge in [0.25, 0.3) is 0 Å². The van der Waals surface area contributed by atoms with Gasteiger partial charge < -0.3 is 9.47 Å². The lowest BCUT2D eigenvalue weighted by Crippen LogP contribution is -2.41. The van der Waals surface area contributed by atoms with E-state index in [4.69, 9.17) is 0 Å². The van der Waals surface area contributed by atoms with Crippen molar-refractivity contribution in [2.75, 3.05) is 13.2 Å². The second-order valence-electron chi connectivity index (χ2n) is 3.59. The lowest BCUT2D eigenvalue weighted by molar-refractivity contribution is -0.290. The molecule has 112 valence electrons. The summed E-state index contributed by atoms with van der Waals surface area (Å²) in [6, 6.07) is 2.14. The van der Waals surface area contributed by atoms with Crippen LogP contribution in [0.3, 0.4) is 0 Å². The number of ether oxygens (including phenoxy) is 2. The molecule has 0 aromatic carbocycles. The van der Waals surface area contributed by atoms with Gasteiger partial charge in [0.1, 0.15) is 11.4 Å². The first-order valence-electron chi connectivity index (χ1n) is 5.38. The van der Waals surface area contributed by atoms with Gasteiger partial charge in [0.2, 0.25) is 0 Å². The fourth-order valence-electron chi connectivity index (χ4n) is 1.05. The molecule has 0 saturated carbocycles. The van der Waals surface area contributed by atoms with Gasteiger partial charge in [-0.15, -0.1) is 0 Å². The summed E-state index contributed by atoms with van der Waals surface area (Å²) in [6.07, 6.45) is -4.83. The third-order valence-electron chi connectivity index (χ3n) is 2.06. The van der Waals surface area contributed by atoms with E-state index >= 15 is 0 Å². The Morgan fingerprint density at radius 3 is 2.35 bits per heavy atom. The van der Waals surface area contributed by atoms with E-state index in [0.29, 0.717) is 0 Å². The normalized spacial score (nSPS) is 12.1. The van der Waals surface area contributed by atoms with Gasteiger partial charge in [-0.1, -0.05) is 0 Å². The van der Waals surface area contributed by atoms with E-state index in [1.54, 1.807) is 6.92 Å². The monoisotopic (exact) mass is 299 g/mol. The molecule has 0 amide bonds. The van der Waals surface area contributed by atoms with Gasteiger partial charge in [-0.2, -0.15) is 22.0 Å². The Morgan fingerprint density at radius 1 is 1.25 bits per heavy atom. The van der Waals surface area contributed by atoms with Crippen molar-refractivity contribution in [3.63, 3.8) is 0 Å². The fraction of sp³-hybridized carbons (Fsp3) is 0.455. The summed E-state index contributed by atoms with van der Waals surface area (Å²) < 4.78 is 69.7. The third-order valence-corrected chi connectivity index (χ3v) is 2.06. The first-order valence-corrected chi connectivity index (χ1v) is 5.38. The van der Waals surface area contributed by atoms with Crippen LogP contribution in [-0.4, -0.2) is 36.3 Å². The molecule has 0 aliphatic carbocycles. The Hall–Kier alpha value is -1.93. The maximum absolute atomic E-state index is 12.6. The molecule has 0 radical (unpaired) electrons. The minimum absolute atomic E-state index is 0.109. The van der Waals surface area contributed by atoms with Crippen molar-refractivity contribution in [3.8, 4) is 5.75 Å². The second-order valence-corrected chi connectivity index (χ2v) is 3.59. The molecule has 0 aliphatic rings. The van der Waals surface area contributed by atoms with Crippen LogP contribution in [0.1, 0.15) is 17.4 Å². The topological polar surface area (TPSA) is 48.4 Å². The number of halogens is 5. The minimum Gasteiger partial charge on any atom is -0.485 e. The van der Waals surface area contributed by atoms with E-state index in [-0.39, 0.29) is 18.1 Å². The van der Waals surface area contributed by atoms with Crippen LogP contribution in [0.2, 0.25) is 0 Å². The van der Waals surface area contributed by atoms with Crippen LogP contribution in [0.4, 0.5) is 22.0 Å². The molecule has 0 bridgehead atoms. The second kappa shape index (κ2) is 6.02.